The number of anilines is 1. The van der Waals surface area contributed by atoms with Crippen LogP contribution in [0.25, 0.3) is 0 Å². The summed E-state index contributed by atoms with van der Waals surface area (Å²) in [6, 6.07) is 6.90. The summed E-state index contributed by atoms with van der Waals surface area (Å²) in [5, 5.41) is 6.75. The molecule has 1 aromatic heterocycles. The summed E-state index contributed by atoms with van der Waals surface area (Å²) < 4.78 is 39.3. The lowest BCUT2D eigenvalue weighted by Crippen LogP contribution is -2.40. The van der Waals surface area contributed by atoms with Gasteiger partial charge in [0.25, 0.3) is 0 Å². The van der Waals surface area contributed by atoms with Crippen LogP contribution in [0.4, 0.5) is 18.9 Å². The summed E-state index contributed by atoms with van der Waals surface area (Å²) >= 11 is 0. The number of benzene rings is 1. The molecule has 0 unspecified atom stereocenters. The Bertz CT molecular complexity index is 729. The predicted molar refractivity (Wildman–Crippen MR) is 82.2 cm³/mol. The monoisotopic (exact) mass is 361 g/mol. The molecule has 130 valence electrons. The summed E-state index contributed by atoms with van der Waals surface area (Å²) in [6.07, 6.45) is -4.37. The highest BCUT2D eigenvalue weighted by Gasteiger charge is 2.39. The topological polar surface area (TPSA) is 77.0 Å². The van der Waals surface area contributed by atoms with Gasteiger partial charge in [-0.1, -0.05) is 12.1 Å². The third-order valence-corrected chi connectivity index (χ3v) is 3.69. The maximum atomic E-state index is 12.8. The lowest BCUT2D eigenvalue weighted by atomic mass is 10.1. The Balaban J connectivity index is 0.00000208. The van der Waals surface area contributed by atoms with Crippen LogP contribution in [0.2, 0.25) is 0 Å². The number of amides is 1. The first-order chi connectivity index (χ1) is 10.8. The van der Waals surface area contributed by atoms with Crippen molar-refractivity contribution in [2.24, 2.45) is 0 Å². The van der Waals surface area contributed by atoms with Gasteiger partial charge in [-0.05, 0) is 17.7 Å². The number of alkyl halides is 3. The van der Waals surface area contributed by atoms with Crippen molar-refractivity contribution in [1.82, 2.24) is 19.7 Å². The number of aromatic nitrogens is 3. The molecule has 3 rings (SSSR count). The number of rotatable bonds is 2. The van der Waals surface area contributed by atoms with E-state index >= 15 is 0 Å². The highest BCUT2D eigenvalue weighted by Crippen LogP contribution is 2.29. The number of nitrogen functional groups attached to an aromatic ring is 1. The van der Waals surface area contributed by atoms with Crippen LogP contribution >= 0.6 is 12.4 Å². The average Bonchev–Trinajstić information content (AvgIpc) is 2.92. The number of carbonyl (C=O) groups excluding carboxylic acids is 1. The predicted octanol–water partition coefficient (Wildman–Crippen LogP) is 1.89. The first kappa shape index (κ1) is 18.1. The number of hydrogen-bond donors (Lipinski definition) is 1. The van der Waals surface area contributed by atoms with E-state index in [2.05, 4.69) is 10.2 Å². The van der Waals surface area contributed by atoms with Gasteiger partial charge in [0.15, 0.2) is 5.82 Å². The number of fused-ring (bicyclic) bond motifs is 1. The van der Waals surface area contributed by atoms with E-state index in [-0.39, 0.29) is 50.2 Å². The number of nitrogens with two attached hydrogens (primary N) is 1. The SMILES string of the molecule is Cl.Nc1ccc(CC(=O)N2CCn3c(nnc3C(F)(F)F)C2)cc1. The van der Waals surface area contributed by atoms with Crippen LogP contribution in [0.1, 0.15) is 17.2 Å². The van der Waals surface area contributed by atoms with E-state index in [0.717, 1.165) is 10.1 Å². The van der Waals surface area contributed by atoms with Crippen LogP contribution in [0.5, 0.6) is 0 Å². The maximum Gasteiger partial charge on any atom is 0.451 e. The molecule has 0 atom stereocenters. The Morgan fingerprint density at radius 1 is 1.17 bits per heavy atom. The molecule has 0 saturated heterocycles. The van der Waals surface area contributed by atoms with Crippen molar-refractivity contribution >= 4 is 24.0 Å². The summed E-state index contributed by atoms with van der Waals surface area (Å²) in [5.74, 6) is -1.04. The smallest absolute Gasteiger partial charge is 0.399 e. The molecule has 2 N–H and O–H groups in total. The maximum absolute atomic E-state index is 12.8. The standard InChI is InChI=1S/C14H14F3N5O.ClH/c15-14(16,17)13-20-19-11-8-21(5-6-22(11)13)12(23)7-9-1-3-10(18)4-2-9;/h1-4H,5-8,18H2;1H. The zero-order chi connectivity index (χ0) is 16.6. The molecule has 2 aromatic rings. The second-order valence-electron chi connectivity index (χ2n) is 5.32. The fourth-order valence-corrected chi connectivity index (χ4v) is 2.50. The lowest BCUT2D eigenvalue weighted by Gasteiger charge is -2.28. The van der Waals surface area contributed by atoms with Gasteiger partial charge in [-0.15, -0.1) is 22.6 Å². The molecular formula is C14H15ClF3N5O. The van der Waals surface area contributed by atoms with Gasteiger partial charge in [-0.25, -0.2) is 0 Å². The van der Waals surface area contributed by atoms with Gasteiger partial charge in [-0.2, -0.15) is 13.2 Å². The third kappa shape index (κ3) is 3.61. The van der Waals surface area contributed by atoms with Gasteiger partial charge in [0, 0.05) is 18.8 Å². The van der Waals surface area contributed by atoms with Crippen LogP contribution in [0.15, 0.2) is 24.3 Å². The van der Waals surface area contributed by atoms with Crippen molar-refractivity contribution < 1.29 is 18.0 Å². The first-order valence-corrected chi connectivity index (χ1v) is 6.96. The van der Waals surface area contributed by atoms with E-state index in [0.29, 0.717) is 5.69 Å². The van der Waals surface area contributed by atoms with Gasteiger partial charge in [0.2, 0.25) is 11.7 Å². The average molecular weight is 362 g/mol. The summed E-state index contributed by atoms with van der Waals surface area (Å²) in [5.41, 5.74) is 6.99. The second kappa shape index (κ2) is 6.68. The van der Waals surface area contributed by atoms with Crippen molar-refractivity contribution in [2.75, 3.05) is 12.3 Å². The van der Waals surface area contributed by atoms with Gasteiger partial charge < -0.3 is 15.2 Å². The summed E-state index contributed by atoms with van der Waals surface area (Å²) in [4.78, 5) is 13.8. The third-order valence-electron chi connectivity index (χ3n) is 3.69. The zero-order valence-electron chi connectivity index (χ0n) is 12.5. The molecular weight excluding hydrogens is 347 g/mol. The molecule has 0 radical (unpaired) electrons. The minimum absolute atomic E-state index is 0. The van der Waals surface area contributed by atoms with E-state index in [4.69, 9.17) is 5.73 Å². The second-order valence-corrected chi connectivity index (χ2v) is 5.32. The highest BCUT2D eigenvalue weighted by molar-refractivity contribution is 5.85. The van der Waals surface area contributed by atoms with Gasteiger partial charge in [-0.3, -0.25) is 4.79 Å². The molecule has 0 bridgehead atoms. The molecule has 1 amide bonds. The zero-order valence-corrected chi connectivity index (χ0v) is 13.3. The Morgan fingerprint density at radius 3 is 2.46 bits per heavy atom. The van der Waals surface area contributed by atoms with Crippen molar-refractivity contribution in [1.29, 1.82) is 0 Å². The minimum Gasteiger partial charge on any atom is -0.399 e. The summed E-state index contributed by atoms with van der Waals surface area (Å²) in [7, 11) is 0. The number of nitrogens with zero attached hydrogens (tertiary/aromatic N) is 4. The Hall–Kier alpha value is -2.29. The van der Waals surface area contributed by atoms with Crippen LogP contribution in [0.3, 0.4) is 0 Å². The molecule has 1 aliphatic rings. The Morgan fingerprint density at radius 2 is 1.83 bits per heavy atom. The lowest BCUT2D eigenvalue weighted by molar-refractivity contribution is -0.148. The minimum atomic E-state index is -4.54. The normalized spacial score (nSPS) is 14.0. The van der Waals surface area contributed by atoms with Gasteiger partial charge >= 0.3 is 6.18 Å². The quantitative estimate of drug-likeness (QED) is 0.829. The van der Waals surface area contributed by atoms with Crippen LogP contribution < -0.4 is 5.73 Å². The molecule has 0 aliphatic carbocycles. The van der Waals surface area contributed by atoms with Gasteiger partial charge in [0.05, 0.1) is 13.0 Å². The van der Waals surface area contributed by atoms with Crippen molar-refractivity contribution in [3.63, 3.8) is 0 Å². The Kier molecular flexibility index (Phi) is 5.02. The van der Waals surface area contributed by atoms with E-state index in [1.165, 1.54) is 4.90 Å². The fourth-order valence-electron chi connectivity index (χ4n) is 2.50. The van der Waals surface area contributed by atoms with Crippen molar-refractivity contribution in [3.05, 3.63) is 41.5 Å². The molecule has 10 heteroatoms. The molecule has 0 fully saturated rings. The fraction of sp³-hybridized carbons (Fsp3) is 0.357. The van der Waals surface area contributed by atoms with Crippen molar-refractivity contribution in [2.45, 2.75) is 25.7 Å². The van der Waals surface area contributed by atoms with Crippen LogP contribution in [-0.4, -0.2) is 32.1 Å². The number of hydrogen-bond acceptors (Lipinski definition) is 4. The van der Waals surface area contributed by atoms with Crippen LogP contribution in [-0.2, 0) is 30.5 Å². The van der Waals surface area contributed by atoms with Gasteiger partial charge in [0.1, 0.15) is 0 Å². The van der Waals surface area contributed by atoms with Crippen molar-refractivity contribution in [3.8, 4) is 0 Å². The number of halogens is 4. The van der Waals surface area contributed by atoms with Crippen LogP contribution in [0, 0.1) is 0 Å². The Labute approximate surface area is 141 Å². The highest BCUT2D eigenvalue weighted by atomic mass is 35.5. The summed E-state index contributed by atoms with van der Waals surface area (Å²) in [6.45, 7) is 0.253. The van der Waals surface area contributed by atoms with E-state index in [9.17, 15) is 18.0 Å². The molecule has 2 heterocycles. The molecule has 1 aliphatic heterocycles. The molecule has 24 heavy (non-hydrogen) atoms. The molecule has 0 spiro atoms. The van der Waals surface area contributed by atoms with E-state index in [1.54, 1.807) is 24.3 Å². The largest absolute Gasteiger partial charge is 0.451 e. The first-order valence-electron chi connectivity index (χ1n) is 6.96. The molecule has 1 aromatic carbocycles. The molecule has 0 saturated carbocycles. The number of carbonyl (C=O) groups is 1. The van der Waals surface area contributed by atoms with E-state index in [1.807, 2.05) is 0 Å². The van der Waals surface area contributed by atoms with E-state index < -0.39 is 12.0 Å². The molecule has 6 nitrogen and oxygen atoms in total.